The minimum atomic E-state index is -0.605. The van der Waals surface area contributed by atoms with Crippen LogP contribution in [-0.4, -0.2) is 71.3 Å². The maximum Gasteiger partial charge on any atom is 0.161 e. The summed E-state index contributed by atoms with van der Waals surface area (Å²) >= 11 is 6.49. The number of hydrogen-bond donors (Lipinski definition) is 2. The zero-order chi connectivity index (χ0) is 24.3. The Bertz CT molecular complexity index is 1260. The molecule has 2 aliphatic heterocycles. The van der Waals surface area contributed by atoms with Crippen LogP contribution < -0.4 is 15.0 Å². The molecule has 9 heteroatoms. The van der Waals surface area contributed by atoms with Gasteiger partial charge in [-0.15, -0.1) is 0 Å². The summed E-state index contributed by atoms with van der Waals surface area (Å²) in [4.78, 5) is 7.55. The third kappa shape index (κ3) is 3.61. The van der Waals surface area contributed by atoms with Crippen molar-refractivity contribution in [2.45, 2.75) is 50.8 Å². The molecule has 4 unspecified atom stereocenters. The summed E-state index contributed by atoms with van der Waals surface area (Å²) in [6, 6.07) is 8.62. The van der Waals surface area contributed by atoms with Crippen molar-refractivity contribution in [2.24, 2.45) is 5.41 Å². The molecule has 8 nitrogen and oxygen atoms in total. The van der Waals surface area contributed by atoms with Crippen LogP contribution in [0.25, 0.3) is 16.9 Å². The molecule has 4 heterocycles. The first-order valence-electron chi connectivity index (χ1n) is 12.4. The van der Waals surface area contributed by atoms with Crippen LogP contribution in [-0.2, 0) is 4.74 Å². The van der Waals surface area contributed by atoms with Crippen molar-refractivity contribution in [1.29, 1.82) is 0 Å². The highest BCUT2D eigenvalue weighted by Crippen LogP contribution is 2.61. The fraction of sp³-hybridized carbons (Fsp3) is 0.538. The fourth-order valence-corrected chi connectivity index (χ4v) is 6.26. The topological polar surface area (TPSA) is 84.1 Å². The van der Waals surface area contributed by atoms with Crippen LogP contribution in [0.1, 0.15) is 38.2 Å². The average Bonchev–Trinajstić information content (AvgIpc) is 3.44. The van der Waals surface area contributed by atoms with Crippen molar-refractivity contribution in [2.75, 3.05) is 38.3 Å². The largest absolute Gasteiger partial charge is 0.491 e. The number of anilines is 1. The third-order valence-corrected chi connectivity index (χ3v) is 8.16. The summed E-state index contributed by atoms with van der Waals surface area (Å²) in [5, 5.41) is 18.3. The first-order valence-corrected chi connectivity index (χ1v) is 12.8. The Morgan fingerprint density at radius 1 is 1.29 bits per heavy atom. The summed E-state index contributed by atoms with van der Waals surface area (Å²) in [5.74, 6) is 1.96. The molecule has 1 saturated carbocycles. The van der Waals surface area contributed by atoms with Gasteiger partial charge in [0.2, 0.25) is 0 Å². The van der Waals surface area contributed by atoms with Gasteiger partial charge in [-0.1, -0.05) is 25.4 Å². The van der Waals surface area contributed by atoms with Gasteiger partial charge < -0.3 is 24.8 Å². The van der Waals surface area contributed by atoms with Crippen LogP contribution in [0.3, 0.4) is 0 Å². The van der Waals surface area contributed by atoms with E-state index in [2.05, 4.69) is 30.1 Å². The van der Waals surface area contributed by atoms with E-state index in [4.69, 9.17) is 31.2 Å². The van der Waals surface area contributed by atoms with Crippen LogP contribution in [0.15, 0.2) is 30.5 Å². The molecule has 1 aromatic carbocycles. The highest BCUT2D eigenvalue weighted by atomic mass is 35.5. The van der Waals surface area contributed by atoms with Crippen molar-refractivity contribution >= 4 is 23.1 Å². The van der Waals surface area contributed by atoms with Crippen LogP contribution in [0.4, 0.5) is 5.82 Å². The zero-order valence-corrected chi connectivity index (χ0v) is 21.1. The number of halogens is 1. The number of aromatic nitrogens is 3. The number of aliphatic hydroxyl groups excluding tert-OH is 1. The molecule has 6 rings (SSSR count). The van der Waals surface area contributed by atoms with E-state index in [9.17, 15) is 5.11 Å². The highest BCUT2D eigenvalue weighted by Gasteiger charge is 2.69. The van der Waals surface area contributed by atoms with E-state index in [-0.39, 0.29) is 6.61 Å². The quantitative estimate of drug-likeness (QED) is 0.492. The molecule has 35 heavy (non-hydrogen) atoms. The number of fused-ring (bicyclic) bond motifs is 1. The van der Waals surface area contributed by atoms with Crippen molar-refractivity contribution in [1.82, 2.24) is 19.9 Å². The predicted molar refractivity (Wildman–Crippen MR) is 135 cm³/mol. The van der Waals surface area contributed by atoms with Gasteiger partial charge >= 0.3 is 0 Å². The van der Waals surface area contributed by atoms with Gasteiger partial charge in [0.15, 0.2) is 5.65 Å². The number of likely N-dealkylation sites (N-methyl/N-ethyl adjacent to an activating group) is 1. The standard InChI is InChI=1S/C26H32ClN5O3/c1-15(2)20-11-29-32-24(31-22-4-5-26(22)14-34-13-23(26)31)9-21(30-25(20)32)16-6-17(27)8-19(7-16)35-12-18(33)10-28-3/h6-9,11,15,18,22-23,28,33H,4-5,10,12-14H2,1-3H3. The molecule has 3 aliphatic rings. The van der Waals surface area contributed by atoms with Crippen molar-refractivity contribution in [3.8, 4) is 17.0 Å². The van der Waals surface area contributed by atoms with Gasteiger partial charge in [0.25, 0.3) is 0 Å². The first kappa shape index (κ1) is 23.0. The summed E-state index contributed by atoms with van der Waals surface area (Å²) in [6.07, 6.45) is 3.76. The molecule has 2 saturated heterocycles. The van der Waals surface area contributed by atoms with Crippen molar-refractivity contribution in [3.05, 3.63) is 41.0 Å². The van der Waals surface area contributed by atoms with Gasteiger partial charge in [0.05, 0.1) is 31.1 Å². The minimum Gasteiger partial charge on any atom is -0.491 e. The third-order valence-electron chi connectivity index (χ3n) is 7.94. The van der Waals surface area contributed by atoms with Gasteiger partial charge in [-0.2, -0.15) is 9.61 Å². The molecule has 3 aromatic rings. The molecule has 186 valence electrons. The molecular formula is C26H32ClN5O3. The maximum atomic E-state index is 10.0. The van der Waals surface area contributed by atoms with Crippen LogP contribution in [0.5, 0.6) is 5.75 Å². The normalized spacial score (nSPS) is 25.8. The number of aliphatic hydroxyl groups is 1. The lowest BCUT2D eigenvalue weighted by Crippen LogP contribution is -2.77. The summed E-state index contributed by atoms with van der Waals surface area (Å²) < 4.78 is 13.8. The lowest BCUT2D eigenvalue weighted by Gasteiger charge is -2.67. The number of nitrogens with zero attached hydrogens (tertiary/aromatic N) is 4. The van der Waals surface area contributed by atoms with Crippen LogP contribution in [0, 0.1) is 5.41 Å². The molecular weight excluding hydrogens is 466 g/mol. The van der Waals surface area contributed by atoms with E-state index < -0.39 is 6.10 Å². The average molecular weight is 498 g/mol. The number of benzene rings is 1. The first-order chi connectivity index (χ1) is 16.9. The molecule has 4 atom stereocenters. The van der Waals surface area contributed by atoms with Gasteiger partial charge in [-0.25, -0.2) is 4.98 Å². The summed E-state index contributed by atoms with van der Waals surface area (Å²) in [5.41, 5.74) is 4.00. The van der Waals surface area contributed by atoms with Crippen LogP contribution in [0.2, 0.25) is 5.02 Å². The smallest absolute Gasteiger partial charge is 0.161 e. The summed E-state index contributed by atoms with van der Waals surface area (Å²) in [7, 11) is 1.80. The van der Waals surface area contributed by atoms with Gasteiger partial charge in [0, 0.05) is 40.2 Å². The Labute approximate surface area is 210 Å². The number of nitrogens with one attached hydrogen (secondary N) is 1. The van der Waals surface area contributed by atoms with E-state index in [1.807, 2.05) is 22.8 Å². The molecule has 2 aromatic heterocycles. The Balaban J connectivity index is 1.42. The van der Waals surface area contributed by atoms with E-state index in [1.54, 1.807) is 13.1 Å². The Morgan fingerprint density at radius 2 is 2.14 bits per heavy atom. The molecule has 1 aliphatic carbocycles. The summed E-state index contributed by atoms with van der Waals surface area (Å²) in [6.45, 7) is 6.59. The second-order valence-corrected chi connectivity index (χ2v) is 10.8. The molecule has 0 amide bonds. The van der Waals surface area contributed by atoms with Gasteiger partial charge in [-0.05, 0) is 44.0 Å². The highest BCUT2D eigenvalue weighted by molar-refractivity contribution is 6.31. The van der Waals surface area contributed by atoms with Crippen molar-refractivity contribution in [3.63, 3.8) is 0 Å². The van der Waals surface area contributed by atoms with E-state index in [0.717, 1.165) is 41.5 Å². The number of rotatable bonds is 8. The van der Waals surface area contributed by atoms with E-state index in [0.29, 0.717) is 40.7 Å². The Kier molecular flexibility index (Phi) is 5.67. The van der Waals surface area contributed by atoms with Gasteiger partial charge in [0.1, 0.15) is 24.3 Å². The molecule has 1 spiro atoms. The SMILES string of the molecule is CNCC(O)COc1cc(Cl)cc(-c2cc(N3C4CCC45COCC35)n3ncc(C(C)C)c3n2)c1. The van der Waals surface area contributed by atoms with Crippen molar-refractivity contribution < 1.29 is 14.6 Å². The van der Waals surface area contributed by atoms with Crippen LogP contribution >= 0.6 is 11.6 Å². The second-order valence-electron chi connectivity index (χ2n) is 10.4. The number of piperidine rings is 1. The Hall–Kier alpha value is -2.39. The van der Waals surface area contributed by atoms with E-state index in [1.165, 1.54) is 12.8 Å². The zero-order valence-electron chi connectivity index (χ0n) is 20.4. The lowest BCUT2D eigenvalue weighted by atomic mass is 9.54. The monoisotopic (exact) mass is 497 g/mol. The molecule has 0 radical (unpaired) electrons. The number of hydrogen-bond acceptors (Lipinski definition) is 7. The number of ether oxygens (including phenoxy) is 2. The second kappa shape index (κ2) is 8.62. The predicted octanol–water partition coefficient (Wildman–Crippen LogP) is 3.50. The maximum absolute atomic E-state index is 10.0. The molecule has 0 bridgehead atoms. The molecule has 3 fully saturated rings. The molecule has 2 N–H and O–H groups in total. The lowest BCUT2D eigenvalue weighted by molar-refractivity contribution is -0.0134. The fourth-order valence-electron chi connectivity index (χ4n) is 6.04. The Morgan fingerprint density at radius 3 is 2.89 bits per heavy atom. The minimum absolute atomic E-state index is 0.178. The van der Waals surface area contributed by atoms with E-state index >= 15 is 0 Å². The van der Waals surface area contributed by atoms with Gasteiger partial charge in [-0.3, -0.25) is 0 Å².